The van der Waals surface area contributed by atoms with E-state index in [0.29, 0.717) is 5.11 Å². The molecule has 6 heteroatoms. The molecule has 0 aliphatic carbocycles. The fraction of sp³-hybridized carbons (Fsp3) is 0.316. The average Bonchev–Trinajstić information content (AvgIpc) is 3.07. The number of anilines is 1. The minimum absolute atomic E-state index is 0.279. The Labute approximate surface area is 158 Å². The van der Waals surface area contributed by atoms with Gasteiger partial charge in [0, 0.05) is 24.1 Å². The van der Waals surface area contributed by atoms with E-state index in [4.69, 9.17) is 21.7 Å². The first-order valence-electron chi connectivity index (χ1n) is 8.29. The molecule has 3 rings (SSSR count). The van der Waals surface area contributed by atoms with Gasteiger partial charge in [0.25, 0.3) is 0 Å². The number of hydrogen-bond acceptors (Lipinski definition) is 4. The first-order chi connectivity index (χ1) is 12.2. The maximum Gasteiger partial charge on any atom is 0.231 e. The Morgan fingerprint density at radius 1 is 1.16 bits per heavy atom. The minimum Gasteiger partial charge on any atom is -0.454 e. The molecule has 0 aromatic heterocycles. The van der Waals surface area contributed by atoms with Gasteiger partial charge in [0.2, 0.25) is 6.79 Å². The Bertz CT molecular complexity index is 737. The summed E-state index contributed by atoms with van der Waals surface area (Å²) in [7, 11) is 0. The van der Waals surface area contributed by atoms with E-state index < -0.39 is 0 Å². The van der Waals surface area contributed by atoms with E-state index in [1.54, 1.807) is 0 Å². The van der Waals surface area contributed by atoms with E-state index in [9.17, 15) is 0 Å². The van der Waals surface area contributed by atoms with E-state index in [1.165, 1.54) is 11.1 Å². The van der Waals surface area contributed by atoms with Crippen molar-refractivity contribution in [3.63, 3.8) is 0 Å². The molecule has 2 N–H and O–H groups in total. The van der Waals surface area contributed by atoms with Gasteiger partial charge < -0.3 is 20.1 Å². The summed E-state index contributed by atoms with van der Waals surface area (Å²) in [4.78, 5) is 0. The lowest BCUT2D eigenvalue weighted by molar-refractivity contribution is 0.174. The highest BCUT2D eigenvalue weighted by Crippen LogP contribution is 2.34. The minimum atomic E-state index is 0.279. The largest absolute Gasteiger partial charge is 0.454 e. The fourth-order valence-electron chi connectivity index (χ4n) is 2.48. The summed E-state index contributed by atoms with van der Waals surface area (Å²) in [6.07, 6.45) is 1.07. The standard InChI is InChI=1S/C19H22N2O2S2/c1-14-5-2-3-6-15(14)12-25-10-4-9-20-19(24)21-16-7-8-17-18(11-16)23-13-22-17/h2-3,5-8,11H,4,9-10,12-13H2,1H3,(H2,20,21,24). The highest BCUT2D eigenvalue weighted by Gasteiger charge is 2.13. The molecule has 1 aliphatic heterocycles. The SMILES string of the molecule is Cc1ccccc1CSCCCNC(=S)Nc1ccc2c(c1)OCO2. The number of aryl methyl sites for hydroxylation is 1. The molecule has 1 aliphatic rings. The van der Waals surface area contributed by atoms with E-state index in [-0.39, 0.29) is 6.79 Å². The molecule has 2 aromatic carbocycles. The maximum absolute atomic E-state index is 5.36. The molecule has 0 unspecified atom stereocenters. The molecule has 4 nitrogen and oxygen atoms in total. The van der Waals surface area contributed by atoms with E-state index in [1.807, 2.05) is 30.0 Å². The van der Waals surface area contributed by atoms with Crippen molar-refractivity contribution in [1.82, 2.24) is 5.32 Å². The van der Waals surface area contributed by atoms with Gasteiger partial charge in [-0.3, -0.25) is 0 Å². The van der Waals surface area contributed by atoms with Crippen LogP contribution in [0.4, 0.5) is 5.69 Å². The van der Waals surface area contributed by atoms with Crippen molar-refractivity contribution in [3.05, 3.63) is 53.6 Å². The van der Waals surface area contributed by atoms with Gasteiger partial charge in [-0.1, -0.05) is 24.3 Å². The highest BCUT2D eigenvalue weighted by atomic mass is 32.2. The van der Waals surface area contributed by atoms with Crippen molar-refractivity contribution < 1.29 is 9.47 Å². The molecular weight excluding hydrogens is 352 g/mol. The van der Waals surface area contributed by atoms with Crippen molar-refractivity contribution in [2.24, 2.45) is 0 Å². The zero-order valence-electron chi connectivity index (χ0n) is 14.2. The lowest BCUT2D eigenvalue weighted by atomic mass is 10.1. The van der Waals surface area contributed by atoms with Gasteiger partial charge in [-0.2, -0.15) is 11.8 Å². The third kappa shape index (κ3) is 5.28. The third-order valence-electron chi connectivity index (χ3n) is 3.90. The Hall–Kier alpha value is -1.92. The number of benzene rings is 2. The zero-order chi connectivity index (χ0) is 17.5. The van der Waals surface area contributed by atoms with Gasteiger partial charge in [0.15, 0.2) is 16.6 Å². The van der Waals surface area contributed by atoms with Crippen molar-refractivity contribution >= 4 is 34.8 Å². The Kier molecular flexibility index (Phi) is 6.42. The van der Waals surface area contributed by atoms with Crippen LogP contribution in [-0.2, 0) is 5.75 Å². The van der Waals surface area contributed by atoms with Crippen LogP contribution in [0.5, 0.6) is 11.5 Å². The Balaban J connectivity index is 1.31. The number of fused-ring (bicyclic) bond motifs is 1. The quantitative estimate of drug-likeness (QED) is 0.555. The maximum atomic E-state index is 5.36. The molecule has 25 heavy (non-hydrogen) atoms. The van der Waals surface area contributed by atoms with Crippen LogP contribution in [0.2, 0.25) is 0 Å². The molecule has 0 bridgehead atoms. The average molecular weight is 375 g/mol. The van der Waals surface area contributed by atoms with Crippen molar-refractivity contribution in [3.8, 4) is 11.5 Å². The normalized spacial score (nSPS) is 12.0. The molecule has 2 aromatic rings. The first kappa shape index (κ1) is 17.9. The molecule has 0 radical (unpaired) electrons. The van der Waals surface area contributed by atoms with Crippen molar-refractivity contribution in [2.75, 3.05) is 24.4 Å². The van der Waals surface area contributed by atoms with Gasteiger partial charge in [0.1, 0.15) is 0 Å². The van der Waals surface area contributed by atoms with E-state index in [2.05, 4.69) is 41.8 Å². The van der Waals surface area contributed by atoms with Crippen LogP contribution in [0.25, 0.3) is 0 Å². The summed E-state index contributed by atoms with van der Waals surface area (Å²) in [5.41, 5.74) is 3.68. The van der Waals surface area contributed by atoms with Gasteiger partial charge in [-0.05, 0) is 54.6 Å². The molecule has 0 spiro atoms. The topological polar surface area (TPSA) is 42.5 Å². The summed E-state index contributed by atoms with van der Waals surface area (Å²) in [5, 5.41) is 7.05. The predicted octanol–water partition coefficient (Wildman–Crippen LogP) is 4.33. The van der Waals surface area contributed by atoms with Gasteiger partial charge in [0.05, 0.1) is 0 Å². The van der Waals surface area contributed by atoms with Crippen LogP contribution in [0, 0.1) is 6.92 Å². The second-order valence-electron chi connectivity index (χ2n) is 5.78. The summed E-state index contributed by atoms with van der Waals surface area (Å²) in [5.74, 6) is 3.69. The zero-order valence-corrected chi connectivity index (χ0v) is 15.8. The number of rotatable bonds is 7. The first-order valence-corrected chi connectivity index (χ1v) is 9.85. The molecular formula is C19H22N2O2S2. The molecule has 132 valence electrons. The number of thiocarbonyl (C=S) groups is 1. The number of ether oxygens (including phenoxy) is 2. The molecule has 0 fully saturated rings. The lowest BCUT2D eigenvalue weighted by Crippen LogP contribution is -2.29. The molecule has 0 saturated heterocycles. The van der Waals surface area contributed by atoms with Crippen LogP contribution in [0.3, 0.4) is 0 Å². The van der Waals surface area contributed by atoms with Crippen LogP contribution in [0.1, 0.15) is 17.5 Å². The third-order valence-corrected chi connectivity index (χ3v) is 5.24. The Morgan fingerprint density at radius 3 is 2.88 bits per heavy atom. The number of nitrogens with one attached hydrogen (secondary N) is 2. The van der Waals surface area contributed by atoms with Crippen LogP contribution < -0.4 is 20.1 Å². The van der Waals surface area contributed by atoms with Crippen molar-refractivity contribution in [1.29, 1.82) is 0 Å². The smallest absolute Gasteiger partial charge is 0.231 e. The summed E-state index contributed by atoms with van der Waals surface area (Å²) in [6, 6.07) is 14.3. The second-order valence-corrected chi connectivity index (χ2v) is 7.29. The van der Waals surface area contributed by atoms with Crippen molar-refractivity contribution in [2.45, 2.75) is 19.1 Å². The monoisotopic (exact) mass is 374 g/mol. The van der Waals surface area contributed by atoms with Crippen LogP contribution >= 0.6 is 24.0 Å². The molecule has 1 heterocycles. The summed E-state index contributed by atoms with van der Waals surface area (Å²) < 4.78 is 10.7. The van der Waals surface area contributed by atoms with Crippen LogP contribution in [0.15, 0.2) is 42.5 Å². The predicted molar refractivity (Wildman–Crippen MR) is 109 cm³/mol. The van der Waals surface area contributed by atoms with E-state index in [0.717, 1.165) is 41.7 Å². The lowest BCUT2D eigenvalue weighted by Gasteiger charge is -2.11. The van der Waals surface area contributed by atoms with Gasteiger partial charge >= 0.3 is 0 Å². The molecule has 0 atom stereocenters. The summed E-state index contributed by atoms with van der Waals surface area (Å²) in [6.45, 7) is 3.30. The number of hydrogen-bond donors (Lipinski definition) is 2. The number of thioether (sulfide) groups is 1. The van der Waals surface area contributed by atoms with Gasteiger partial charge in [-0.15, -0.1) is 0 Å². The van der Waals surface area contributed by atoms with Crippen LogP contribution in [-0.4, -0.2) is 24.2 Å². The molecule has 0 amide bonds. The molecule has 0 saturated carbocycles. The fourth-order valence-corrected chi connectivity index (χ4v) is 3.74. The Morgan fingerprint density at radius 2 is 2.00 bits per heavy atom. The second kappa shape index (κ2) is 8.97. The van der Waals surface area contributed by atoms with Gasteiger partial charge in [-0.25, -0.2) is 0 Å². The van der Waals surface area contributed by atoms with E-state index >= 15 is 0 Å². The highest BCUT2D eigenvalue weighted by molar-refractivity contribution is 7.98. The summed E-state index contributed by atoms with van der Waals surface area (Å²) >= 11 is 7.29.